The van der Waals surface area contributed by atoms with Gasteiger partial charge in [0.25, 0.3) is 5.91 Å². The average Bonchev–Trinajstić information content (AvgIpc) is 3.82. The molecule has 1 fully saturated rings. The molecule has 0 saturated heterocycles. The number of hydrogen-bond acceptors (Lipinski definition) is 8. The Hall–Kier alpha value is -5.00. The van der Waals surface area contributed by atoms with Crippen molar-refractivity contribution in [2.75, 3.05) is 19.8 Å². The molecule has 0 spiro atoms. The van der Waals surface area contributed by atoms with Crippen molar-refractivity contribution in [3.63, 3.8) is 0 Å². The molecule has 2 aliphatic carbocycles. The van der Waals surface area contributed by atoms with Gasteiger partial charge in [-0.15, -0.1) is 0 Å². The molecule has 2 N–H and O–H groups in total. The highest BCUT2D eigenvalue weighted by atomic mass is 19.3. The number of carbonyl (C=O) groups excluding carboxylic acids is 4. The second kappa shape index (κ2) is 14.4. The smallest absolute Gasteiger partial charge is 0.407 e. The Bertz CT molecular complexity index is 1560. The molecule has 0 radical (unpaired) electrons. The third-order valence-electron chi connectivity index (χ3n) is 7.78. The lowest BCUT2D eigenvalue weighted by Crippen LogP contribution is -2.54. The summed E-state index contributed by atoms with van der Waals surface area (Å²) in [6, 6.07) is 16.2. The van der Waals surface area contributed by atoms with Gasteiger partial charge in [0, 0.05) is 11.5 Å². The number of halogens is 2. The van der Waals surface area contributed by atoms with E-state index in [1.54, 1.807) is 0 Å². The molecule has 0 aromatic heterocycles. The molecule has 3 aromatic rings. The van der Waals surface area contributed by atoms with Crippen LogP contribution in [0, 0.1) is 5.92 Å². The number of esters is 1. The van der Waals surface area contributed by atoms with E-state index < -0.39 is 42.4 Å². The number of nitrogens with one attached hydrogen (secondary N) is 2. The van der Waals surface area contributed by atoms with Gasteiger partial charge in [-0.2, -0.15) is 8.78 Å². The average molecular weight is 637 g/mol. The molecule has 0 aliphatic heterocycles. The predicted octanol–water partition coefficient (Wildman–Crippen LogP) is 5.23. The topological polar surface area (TPSA) is 129 Å². The first kappa shape index (κ1) is 32.4. The largest absolute Gasteiger partial charge is 0.489 e. The number of ketones is 1. The zero-order chi connectivity index (χ0) is 32.8. The van der Waals surface area contributed by atoms with Crippen molar-refractivity contribution in [1.82, 2.24) is 10.6 Å². The summed E-state index contributed by atoms with van der Waals surface area (Å²) < 4.78 is 46.5. The third-order valence-corrected chi connectivity index (χ3v) is 7.78. The van der Waals surface area contributed by atoms with Crippen LogP contribution in [0.25, 0.3) is 11.1 Å². The molecule has 242 valence electrons. The summed E-state index contributed by atoms with van der Waals surface area (Å²) in [6.45, 7) is -0.0407. The minimum atomic E-state index is -3.11. The maximum absolute atomic E-state index is 13.4. The predicted molar refractivity (Wildman–Crippen MR) is 162 cm³/mol. The van der Waals surface area contributed by atoms with E-state index in [1.807, 2.05) is 48.5 Å². The summed E-state index contributed by atoms with van der Waals surface area (Å²) >= 11 is 0. The van der Waals surface area contributed by atoms with Gasteiger partial charge in [-0.3, -0.25) is 9.59 Å². The lowest BCUT2D eigenvalue weighted by atomic mass is 9.98. The lowest BCUT2D eigenvalue weighted by molar-refractivity contribution is -0.148. The van der Waals surface area contributed by atoms with Crippen LogP contribution < -0.4 is 20.1 Å². The van der Waals surface area contributed by atoms with E-state index in [9.17, 15) is 28.0 Å². The van der Waals surface area contributed by atoms with Gasteiger partial charge in [-0.05, 0) is 73.1 Å². The van der Waals surface area contributed by atoms with E-state index in [-0.39, 0.29) is 48.7 Å². The van der Waals surface area contributed by atoms with E-state index in [0.717, 1.165) is 41.2 Å². The minimum absolute atomic E-state index is 0.00916. The van der Waals surface area contributed by atoms with Gasteiger partial charge in [-0.1, -0.05) is 48.5 Å². The molecule has 2 amide bonds. The number of ether oxygens (including phenoxy) is 4. The van der Waals surface area contributed by atoms with Crippen LogP contribution in [0.5, 0.6) is 11.5 Å². The van der Waals surface area contributed by atoms with Crippen LogP contribution in [0.15, 0.2) is 66.7 Å². The molecule has 0 bridgehead atoms. The second-order valence-corrected chi connectivity index (χ2v) is 11.0. The summed E-state index contributed by atoms with van der Waals surface area (Å²) in [5, 5.41) is 4.77. The first-order valence-corrected chi connectivity index (χ1v) is 15.0. The van der Waals surface area contributed by atoms with Gasteiger partial charge >= 0.3 is 18.7 Å². The zero-order valence-corrected chi connectivity index (χ0v) is 25.3. The molecular weight excluding hydrogens is 602 g/mol. The number of hydrogen-bond donors (Lipinski definition) is 2. The fourth-order valence-electron chi connectivity index (χ4n) is 5.27. The van der Waals surface area contributed by atoms with Crippen LogP contribution >= 0.6 is 0 Å². The fraction of sp³-hybridized carbons (Fsp3) is 0.353. The molecule has 12 heteroatoms. The number of rotatable bonds is 14. The van der Waals surface area contributed by atoms with Gasteiger partial charge in [-0.25, -0.2) is 9.59 Å². The van der Waals surface area contributed by atoms with Crippen LogP contribution in [0.3, 0.4) is 0 Å². The van der Waals surface area contributed by atoms with E-state index in [2.05, 4.69) is 15.4 Å². The number of Topliss-reactive ketones (excluding diaryl/α,β-unsaturated/α-hetero) is 1. The lowest BCUT2D eigenvalue weighted by Gasteiger charge is -2.21. The number of amides is 2. The van der Waals surface area contributed by atoms with Gasteiger partial charge < -0.3 is 29.6 Å². The summed E-state index contributed by atoms with van der Waals surface area (Å²) in [6.07, 6.45) is 0.997. The first-order chi connectivity index (χ1) is 22.2. The van der Waals surface area contributed by atoms with Crippen molar-refractivity contribution >= 4 is 23.8 Å². The number of benzene rings is 3. The van der Waals surface area contributed by atoms with Crippen LogP contribution in [-0.4, -0.2) is 62.3 Å². The van der Waals surface area contributed by atoms with Gasteiger partial charge in [0.15, 0.2) is 23.3 Å². The maximum Gasteiger partial charge on any atom is 0.407 e. The SMILES string of the molecule is CCOC(=O)C(NC(=O)c1ccc(OC(F)F)c(OCC2CC2)c1)C(=O)C(C)NC(=O)OCC1c2ccccc2-c2ccccc21. The maximum atomic E-state index is 13.4. The molecule has 2 aliphatic rings. The number of alkyl halides is 2. The highest BCUT2D eigenvalue weighted by Gasteiger charge is 2.35. The zero-order valence-electron chi connectivity index (χ0n) is 25.3. The Morgan fingerprint density at radius 2 is 1.50 bits per heavy atom. The van der Waals surface area contributed by atoms with E-state index in [4.69, 9.17) is 14.2 Å². The molecule has 10 nitrogen and oxygen atoms in total. The number of carbonyl (C=O) groups is 4. The summed E-state index contributed by atoms with van der Waals surface area (Å²) in [5.74, 6) is -3.03. The van der Waals surface area contributed by atoms with E-state index in [1.165, 1.54) is 26.0 Å². The molecule has 3 aromatic carbocycles. The number of alkyl carbamates (subject to hydrolysis) is 1. The molecule has 1 saturated carbocycles. The molecule has 0 heterocycles. The highest BCUT2D eigenvalue weighted by Crippen LogP contribution is 2.44. The Kier molecular flexibility index (Phi) is 10.1. The van der Waals surface area contributed by atoms with E-state index in [0.29, 0.717) is 0 Å². The van der Waals surface area contributed by atoms with Gasteiger partial charge in [0.05, 0.1) is 19.3 Å². The molecule has 46 heavy (non-hydrogen) atoms. The van der Waals surface area contributed by atoms with Crippen molar-refractivity contribution in [2.45, 2.75) is 51.3 Å². The number of fused-ring (bicyclic) bond motifs is 3. The van der Waals surface area contributed by atoms with Crippen LogP contribution in [0.1, 0.15) is 54.1 Å². The van der Waals surface area contributed by atoms with Crippen molar-refractivity contribution in [3.05, 3.63) is 83.4 Å². The summed E-state index contributed by atoms with van der Waals surface area (Å²) in [4.78, 5) is 52.1. The quantitative estimate of drug-likeness (QED) is 0.182. The molecule has 2 unspecified atom stereocenters. The minimum Gasteiger partial charge on any atom is -0.489 e. The summed E-state index contributed by atoms with van der Waals surface area (Å²) in [5.41, 5.74) is 4.07. The standard InChI is InChI=1S/C34H34F2N2O8/c1-3-43-32(41)29(38-31(40)21-14-15-27(46-33(35)36)28(16-21)44-17-20-12-13-20)30(39)19(2)37-34(42)45-18-26-24-10-6-4-8-22(24)23-9-5-7-11-25(23)26/h4-11,14-16,19-20,26,29,33H,3,12-13,17-18H2,1-2H3,(H,37,42)(H,38,40). The fourth-order valence-corrected chi connectivity index (χ4v) is 5.27. The Morgan fingerprint density at radius 3 is 2.11 bits per heavy atom. The van der Waals surface area contributed by atoms with Crippen molar-refractivity contribution in [2.24, 2.45) is 5.92 Å². The van der Waals surface area contributed by atoms with Gasteiger partial charge in [0.1, 0.15) is 6.61 Å². The van der Waals surface area contributed by atoms with E-state index >= 15 is 0 Å². The Morgan fingerprint density at radius 1 is 0.848 bits per heavy atom. The van der Waals surface area contributed by atoms with Crippen LogP contribution in [-0.2, 0) is 19.1 Å². The monoisotopic (exact) mass is 636 g/mol. The molecule has 2 atom stereocenters. The van der Waals surface area contributed by atoms with Gasteiger partial charge in [0.2, 0.25) is 0 Å². The second-order valence-electron chi connectivity index (χ2n) is 11.0. The highest BCUT2D eigenvalue weighted by molar-refractivity contribution is 6.10. The third kappa shape index (κ3) is 7.61. The summed E-state index contributed by atoms with van der Waals surface area (Å²) in [7, 11) is 0. The van der Waals surface area contributed by atoms with Crippen molar-refractivity contribution in [3.8, 4) is 22.6 Å². The van der Waals surface area contributed by atoms with Crippen LogP contribution in [0.4, 0.5) is 13.6 Å². The first-order valence-electron chi connectivity index (χ1n) is 15.0. The Balaban J connectivity index is 1.24. The normalized spacial score (nSPS) is 14.8. The van der Waals surface area contributed by atoms with Crippen molar-refractivity contribution in [1.29, 1.82) is 0 Å². The Labute approximate surface area is 264 Å². The molecule has 5 rings (SSSR count). The van der Waals surface area contributed by atoms with Crippen LogP contribution in [0.2, 0.25) is 0 Å². The molecular formula is C34H34F2N2O8. The van der Waals surface area contributed by atoms with Crippen molar-refractivity contribution < 1.29 is 46.9 Å².